The van der Waals surface area contributed by atoms with E-state index < -0.39 is 0 Å². The molecule has 0 heterocycles. The fourth-order valence-corrected chi connectivity index (χ4v) is 3.05. The monoisotopic (exact) mass is 314 g/mol. The Morgan fingerprint density at radius 2 is 1.43 bits per heavy atom. The van der Waals surface area contributed by atoms with E-state index in [2.05, 4.69) is 25.3 Å². The molecule has 2 nitrogen and oxygen atoms in total. The maximum atomic E-state index is 11.1. The van der Waals surface area contributed by atoms with Crippen molar-refractivity contribution in [1.29, 1.82) is 0 Å². The van der Waals surface area contributed by atoms with Crippen molar-refractivity contribution in [3.63, 3.8) is 0 Å². The van der Waals surface area contributed by atoms with Crippen LogP contribution in [-0.2, 0) is 9.53 Å². The van der Waals surface area contributed by atoms with Crippen molar-refractivity contribution in [2.75, 3.05) is 18.1 Å². The highest BCUT2D eigenvalue weighted by Gasteiger charge is 2.01. The van der Waals surface area contributed by atoms with Crippen LogP contribution in [0.25, 0.3) is 0 Å². The van der Waals surface area contributed by atoms with Crippen LogP contribution in [0, 0.1) is 0 Å². The number of carbonyl (C=O) groups is 1. The molecule has 0 bridgehead atoms. The van der Waals surface area contributed by atoms with Gasteiger partial charge in [0.05, 0.1) is 6.61 Å². The Balaban J connectivity index is 3.06. The summed E-state index contributed by atoms with van der Waals surface area (Å²) in [6.45, 7) is 8.05. The number of hydrogen-bond acceptors (Lipinski definition) is 3. The van der Waals surface area contributed by atoms with Crippen molar-refractivity contribution in [3.8, 4) is 0 Å². The van der Waals surface area contributed by atoms with Crippen molar-refractivity contribution in [1.82, 2.24) is 0 Å². The van der Waals surface area contributed by atoms with E-state index in [9.17, 15) is 4.79 Å². The Kier molecular flexibility index (Phi) is 15.6. The van der Waals surface area contributed by atoms with Gasteiger partial charge in [-0.3, -0.25) is 0 Å². The van der Waals surface area contributed by atoms with E-state index in [1.54, 1.807) is 6.92 Å². The van der Waals surface area contributed by atoms with E-state index in [1.165, 1.54) is 62.9 Å². The maximum Gasteiger partial charge on any atom is 0.333 e. The summed E-state index contributed by atoms with van der Waals surface area (Å²) in [6, 6.07) is 0. The predicted molar refractivity (Wildman–Crippen MR) is 94.9 cm³/mol. The second kappa shape index (κ2) is 15.9. The molecule has 0 saturated carbocycles. The lowest BCUT2D eigenvalue weighted by Crippen LogP contribution is -2.06. The average Bonchev–Trinajstić information content (AvgIpc) is 2.47. The maximum absolute atomic E-state index is 11.1. The molecule has 0 amide bonds. The minimum atomic E-state index is -0.260. The van der Waals surface area contributed by atoms with Crippen LogP contribution in [0.2, 0.25) is 0 Å². The standard InChI is InChI=1S/C18H34O2S/c1-4-5-6-7-9-12-15-21-16-13-10-8-11-14-20-18(19)17(2)3/h2,4-16H2,1,3H3. The van der Waals surface area contributed by atoms with Gasteiger partial charge in [0.1, 0.15) is 0 Å². The quantitative estimate of drug-likeness (QED) is 0.218. The van der Waals surface area contributed by atoms with Crippen LogP contribution in [0.15, 0.2) is 12.2 Å². The summed E-state index contributed by atoms with van der Waals surface area (Å²) in [6.07, 6.45) is 13.0. The minimum absolute atomic E-state index is 0.260. The van der Waals surface area contributed by atoms with Crippen LogP contribution in [0.5, 0.6) is 0 Å². The Morgan fingerprint density at radius 1 is 0.905 bits per heavy atom. The van der Waals surface area contributed by atoms with E-state index in [-0.39, 0.29) is 5.97 Å². The van der Waals surface area contributed by atoms with Crippen molar-refractivity contribution in [3.05, 3.63) is 12.2 Å². The molecule has 0 radical (unpaired) electrons. The molecule has 0 spiro atoms. The summed E-state index contributed by atoms with van der Waals surface area (Å²) < 4.78 is 5.06. The summed E-state index contributed by atoms with van der Waals surface area (Å²) in [5.41, 5.74) is 0.487. The van der Waals surface area contributed by atoms with Gasteiger partial charge in [0.2, 0.25) is 0 Å². The molecular weight excluding hydrogens is 280 g/mol. The van der Waals surface area contributed by atoms with Crippen LogP contribution < -0.4 is 0 Å². The molecule has 0 aliphatic carbocycles. The van der Waals surface area contributed by atoms with Gasteiger partial charge >= 0.3 is 5.97 Å². The van der Waals surface area contributed by atoms with Crippen LogP contribution in [-0.4, -0.2) is 24.1 Å². The van der Waals surface area contributed by atoms with Gasteiger partial charge in [-0.05, 0) is 37.7 Å². The fraction of sp³-hybridized carbons (Fsp3) is 0.833. The molecule has 3 heteroatoms. The van der Waals surface area contributed by atoms with E-state index in [0.717, 1.165) is 12.8 Å². The summed E-state index contributed by atoms with van der Waals surface area (Å²) in [7, 11) is 0. The zero-order valence-electron chi connectivity index (χ0n) is 14.1. The first-order valence-corrected chi connectivity index (χ1v) is 9.74. The number of esters is 1. The highest BCUT2D eigenvalue weighted by atomic mass is 32.2. The molecule has 0 aromatic rings. The fourth-order valence-electron chi connectivity index (χ4n) is 2.03. The largest absolute Gasteiger partial charge is 0.462 e. The second-order valence-corrected chi connectivity index (χ2v) is 6.94. The third kappa shape index (κ3) is 15.8. The highest BCUT2D eigenvalue weighted by molar-refractivity contribution is 7.99. The van der Waals surface area contributed by atoms with Gasteiger partial charge in [0, 0.05) is 5.57 Å². The lowest BCUT2D eigenvalue weighted by Gasteiger charge is -2.04. The third-order valence-corrected chi connectivity index (χ3v) is 4.56. The van der Waals surface area contributed by atoms with Crippen LogP contribution in [0.1, 0.15) is 78.1 Å². The smallest absolute Gasteiger partial charge is 0.333 e. The zero-order chi connectivity index (χ0) is 15.8. The Morgan fingerprint density at radius 3 is 2.00 bits per heavy atom. The first-order chi connectivity index (χ1) is 10.2. The Bertz CT molecular complexity index is 264. The van der Waals surface area contributed by atoms with E-state index in [1.807, 2.05) is 0 Å². The summed E-state index contributed by atoms with van der Waals surface area (Å²) in [4.78, 5) is 11.1. The number of unbranched alkanes of at least 4 members (excludes halogenated alkanes) is 8. The normalized spacial score (nSPS) is 10.6. The van der Waals surface area contributed by atoms with Gasteiger partial charge in [-0.15, -0.1) is 0 Å². The molecule has 0 aromatic heterocycles. The third-order valence-electron chi connectivity index (χ3n) is 3.41. The van der Waals surface area contributed by atoms with Crippen molar-refractivity contribution >= 4 is 17.7 Å². The van der Waals surface area contributed by atoms with Crippen molar-refractivity contribution < 1.29 is 9.53 Å². The molecule has 0 rings (SSSR count). The number of ether oxygens (including phenoxy) is 1. The summed E-state index contributed by atoms with van der Waals surface area (Å²) in [5.74, 6) is 2.34. The van der Waals surface area contributed by atoms with E-state index >= 15 is 0 Å². The average molecular weight is 315 g/mol. The van der Waals surface area contributed by atoms with Crippen molar-refractivity contribution in [2.24, 2.45) is 0 Å². The highest BCUT2D eigenvalue weighted by Crippen LogP contribution is 2.12. The summed E-state index contributed by atoms with van der Waals surface area (Å²) in [5, 5.41) is 0. The number of thioether (sulfide) groups is 1. The van der Waals surface area contributed by atoms with Gasteiger partial charge in [-0.1, -0.05) is 58.4 Å². The zero-order valence-corrected chi connectivity index (χ0v) is 14.9. The van der Waals surface area contributed by atoms with Crippen molar-refractivity contribution in [2.45, 2.75) is 78.1 Å². The Hall–Kier alpha value is -0.440. The van der Waals surface area contributed by atoms with E-state index in [4.69, 9.17) is 4.74 Å². The van der Waals surface area contributed by atoms with Crippen LogP contribution >= 0.6 is 11.8 Å². The number of rotatable bonds is 15. The lowest BCUT2D eigenvalue weighted by atomic mass is 10.1. The first kappa shape index (κ1) is 20.6. The van der Waals surface area contributed by atoms with Crippen LogP contribution in [0.4, 0.5) is 0 Å². The second-order valence-electron chi connectivity index (χ2n) is 5.71. The van der Waals surface area contributed by atoms with Gasteiger partial charge in [0.15, 0.2) is 0 Å². The minimum Gasteiger partial charge on any atom is -0.462 e. The van der Waals surface area contributed by atoms with Gasteiger partial charge in [-0.25, -0.2) is 4.79 Å². The molecule has 0 unspecified atom stereocenters. The molecule has 0 aliphatic heterocycles. The van der Waals surface area contributed by atoms with E-state index in [0.29, 0.717) is 12.2 Å². The van der Waals surface area contributed by atoms with Gasteiger partial charge in [-0.2, -0.15) is 11.8 Å². The number of carbonyl (C=O) groups excluding carboxylic acids is 1. The molecule has 0 fully saturated rings. The summed E-state index contributed by atoms with van der Waals surface area (Å²) >= 11 is 2.09. The molecule has 0 aromatic carbocycles. The lowest BCUT2D eigenvalue weighted by molar-refractivity contribution is -0.139. The molecular formula is C18H34O2S. The molecule has 0 saturated heterocycles. The van der Waals surface area contributed by atoms with Crippen LogP contribution in [0.3, 0.4) is 0 Å². The van der Waals surface area contributed by atoms with Gasteiger partial charge in [0.25, 0.3) is 0 Å². The van der Waals surface area contributed by atoms with Gasteiger partial charge < -0.3 is 4.74 Å². The molecule has 0 N–H and O–H groups in total. The first-order valence-electron chi connectivity index (χ1n) is 8.58. The Labute approximate surface area is 136 Å². The molecule has 124 valence electrons. The molecule has 21 heavy (non-hydrogen) atoms. The molecule has 0 aliphatic rings. The topological polar surface area (TPSA) is 26.3 Å². The predicted octanol–water partition coefficient (Wildman–Crippen LogP) is 5.76. The molecule has 0 atom stereocenters. The number of hydrogen-bond donors (Lipinski definition) is 0. The SMILES string of the molecule is C=C(C)C(=O)OCCCCCCSCCCCCCCC.